The number of hydrogen-bond donors (Lipinski definition) is 1. The molecule has 0 atom stereocenters. The van der Waals surface area contributed by atoms with Crippen LogP contribution in [0.2, 0.25) is 0 Å². The van der Waals surface area contributed by atoms with Gasteiger partial charge in [-0.05, 0) is 30.7 Å². The fourth-order valence-electron chi connectivity index (χ4n) is 2.09. The van der Waals surface area contributed by atoms with Gasteiger partial charge in [-0.15, -0.1) is 0 Å². The van der Waals surface area contributed by atoms with Crippen LogP contribution in [0.25, 0.3) is 0 Å². The second kappa shape index (κ2) is 7.96. The summed E-state index contributed by atoms with van der Waals surface area (Å²) in [6.07, 6.45) is 0.239. The second-order valence-corrected chi connectivity index (χ2v) is 5.57. The molecule has 25 heavy (non-hydrogen) atoms. The highest BCUT2D eigenvalue weighted by atomic mass is 19.4. The third-order valence-corrected chi connectivity index (χ3v) is 3.55. The molecule has 1 aromatic heterocycles. The summed E-state index contributed by atoms with van der Waals surface area (Å²) in [5.74, 6) is 0.120. The maximum Gasteiger partial charge on any atom is 0.416 e. The standard InChI is InChI=1S/C17H19F3N4O/c1-3-4-9-24(2)16(25)14-10-22-15(11-21-14)23-13-7-5-12(6-8-13)17(18,19)20/h5-8,10-11H,3-4,9H2,1-2H3,(H,22,23). The van der Waals surface area contributed by atoms with Gasteiger partial charge in [0.15, 0.2) is 0 Å². The maximum absolute atomic E-state index is 12.5. The summed E-state index contributed by atoms with van der Waals surface area (Å²) >= 11 is 0. The van der Waals surface area contributed by atoms with Gasteiger partial charge < -0.3 is 10.2 Å². The molecule has 134 valence electrons. The van der Waals surface area contributed by atoms with Gasteiger partial charge in [0, 0.05) is 19.3 Å². The van der Waals surface area contributed by atoms with Gasteiger partial charge in [0.05, 0.1) is 18.0 Å². The molecule has 0 aliphatic carbocycles. The number of nitrogens with one attached hydrogen (secondary N) is 1. The zero-order chi connectivity index (χ0) is 18.4. The minimum absolute atomic E-state index is 0.219. The Morgan fingerprint density at radius 1 is 1.16 bits per heavy atom. The van der Waals surface area contributed by atoms with Crippen molar-refractivity contribution in [2.75, 3.05) is 18.9 Å². The van der Waals surface area contributed by atoms with E-state index in [-0.39, 0.29) is 11.6 Å². The van der Waals surface area contributed by atoms with Crippen LogP contribution in [0.4, 0.5) is 24.7 Å². The van der Waals surface area contributed by atoms with Crippen molar-refractivity contribution in [2.45, 2.75) is 25.9 Å². The van der Waals surface area contributed by atoms with Gasteiger partial charge in [0.25, 0.3) is 5.91 Å². The minimum atomic E-state index is -4.37. The Balaban J connectivity index is 2.01. The first-order valence-electron chi connectivity index (χ1n) is 7.83. The summed E-state index contributed by atoms with van der Waals surface area (Å²) in [6.45, 7) is 2.68. The van der Waals surface area contributed by atoms with Crippen LogP contribution < -0.4 is 5.32 Å². The summed E-state index contributed by atoms with van der Waals surface area (Å²) in [5, 5.41) is 2.85. The highest BCUT2D eigenvalue weighted by Gasteiger charge is 2.29. The quantitative estimate of drug-likeness (QED) is 0.850. The normalized spacial score (nSPS) is 11.2. The average molecular weight is 352 g/mol. The topological polar surface area (TPSA) is 58.1 Å². The van der Waals surface area contributed by atoms with Crippen LogP contribution in [-0.2, 0) is 6.18 Å². The number of benzene rings is 1. The molecule has 0 bridgehead atoms. The van der Waals surface area contributed by atoms with E-state index < -0.39 is 11.7 Å². The van der Waals surface area contributed by atoms with Crippen LogP contribution >= 0.6 is 0 Å². The van der Waals surface area contributed by atoms with Crippen LogP contribution in [0.5, 0.6) is 0 Å². The van der Waals surface area contributed by atoms with E-state index in [0.717, 1.165) is 25.0 Å². The van der Waals surface area contributed by atoms with Crippen LogP contribution in [0.3, 0.4) is 0 Å². The van der Waals surface area contributed by atoms with E-state index in [9.17, 15) is 18.0 Å². The Kier molecular flexibility index (Phi) is 5.95. The molecule has 0 fully saturated rings. The molecule has 1 amide bonds. The summed E-state index contributed by atoms with van der Waals surface area (Å²) in [6, 6.07) is 4.58. The van der Waals surface area contributed by atoms with Gasteiger partial charge >= 0.3 is 6.18 Å². The lowest BCUT2D eigenvalue weighted by Crippen LogP contribution is -2.28. The second-order valence-electron chi connectivity index (χ2n) is 5.57. The van der Waals surface area contributed by atoms with Crippen molar-refractivity contribution < 1.29 is 18.0 Å². The van der Waals surface area contributed by atoms with Crippen LogP contribution in [0, 0.1) is 0 Å². The first-order valence-corrected chi connectivity index (χ1v) is 7.83. The van der Waals surface area contributed by atoms with Gasteiger partial charge in [-0.1, -0.05) is 13.3 Å². The molecule has 0 unspecified atom stereocenters. The van der Waals surface area contributed by atoms with Gasteiger partial charge in [-0.3, -0.25) is 4.79 Å². The van der Waals surface area contributed by atoms with Crippen LogP contribution in [-0.4, -0.2) is 34.4 Å². The van der Waals surface area contributed by atoms with Gasteiger partial charge in [-0.25, -0.2) is 9.97 Å². The molecule has 0 aliphatic heterocycles. The smallest absolute Gasteiger partial charge is 0.340 e. The monoisotopic (exact) mass is 352 g/mol. The summed E-state index contributed by atoms with van der Waals surface area (Å²) in [7, 11) is 1.70. The molecule has 1 aromatic carbocycles. The number of unbranched alkanes of at least 4 members (excludes halogenated alkanes) is 1. The lowest BCUT2D eigenvalue weighted by Gasteiger charge is -2.16. The Morgan fingerprint density at radius 2 is 1.84 bits per heavy atom. The number of alkyl halides is 3. The van der Waals surface area contributed by atoms with E-state index in [4.69, 9.17) is 0 Å². The Labute approximate surface area is 143 Å². The molecule has 1 heterocycles. The Hall–Kier alpha value is -2.64. The van der Waals surface area contributed by atoms with Crippen molar-refractivity contribution in [1.82, 2.24) is 14.9 Å². The van der Waals surface area contributed by atoms with Gasteiger partial charge in [0.2, 0.25) is 0 Å². The predicted octanol–water partition coefficient (Wildman–Crippen LogP) is 4.11. The van der Waals surface area contributed by atoms with E-state index in [2.05, 4.69) is 15.3 Å². The Morgan fingerprint density at radius 3 is 2.36 bits per heavy atom. The van der Waals surface area contributed by atoms with Crippen LogP contribution in [0.15, 0.2) is 36.7 Å². The summed E-state index contributed by atoms with van der Waals surface area (Å²) in [4.78, 5) is 21.9. The summed E-state index contributed by atoms with van der Waals surface area (Å²) in [5.41, 5.74) is -0.0572. The van der Waals surface area contributed by atoms with Crippen molar-refractivity contribution in [3.8, 4) is 0 Å². The first kappa shape index (κ1) is 18.7. The number of halogens is 3. The molecule has 0 radical (unpaired) electrons. The van der Waals surface area contributed by atoms with Crippen molar-refractivity contribution in [1.29, 1.82) is 0 Å². The predicted molar refractivity (Wildman–Crippen MR) is 88.6 cm³/mol. The van der Waals surface area contributed by atoms with Crippen LogP contribution in [0.1, 0.15) is 35.8 Å². The number of nitrogens with zero attached hydrogens (tertiary/aromatic N) is 3. The zero-order valence-corrected chi connectivity index (χ0v) is 14.0. The number of carbonyl (C=O) groups is 1. The summed E-state index contributed by atoms with van der Waals surface area (Å²) < 4.78 is 37.6. The van der Waals surface area contributed by atoms with Crippen molar-refractivity contribution in [3.05, 3.63) is 47.9 Å². The third-order valence-electron chi connectivity index (χ3n) is 3.55. The first-order chi connectivity index (χ1) is 11.8. The lowest BCUT2D eigenvalue weighted by molar-refractivity contribution is -0.137. The number of carbonyl (C=O) groups excluding carboxylic acids is 1. The van der Waals surface area contributed by atoms with E-state index in [0.29, 0.717) is 18.1 Å². The molecular weight excluding hydrogens is 333 g/mol. The number of rotatable bonds is 6. The maximum atomic E-state index is 12.5. The molecule has 0 spiro atoms. The fourth-order valence-corrected chi connectivity index (χ4v) is 2.09. The van der Waals surface area contributed by atoms with Crippen molar-refractivity contribution in [2.24, 2.45) is 0 Å². The number of aromatic nitrogens is 2. The molecule has 5 nitrogen and oxygen atoms in total. The SMILES string of the molecule is CCCCN(C)C(=O)c1cnc(Nc2ccc(C(F)(F)F)cc2)cn1. The molecule has 0 saturated carbocycles. The van der Waals surface area contributed by atoms with E-state index >= 15 is 0 Å². The number of amides is 1. The number of anilines is 2. The highest BCUT2D eigenvalue weighted by molar-refractivity contribution is 5.91. The highest BCUT2D eigenvalue weighted by Crippen LogP contribution is 2.30. The van der Waals surface area contributed by atoms with E-state index in [1.54, 1.807) is 11.9 Å². The molecule has 0 aliphatic rings. The Bertz CT molecular complexity index is 699. The van der Waals surface area contributed by atoms with Crippen molar-refractivity contribution in [3.63, 3.8) is 0 Å². The molecule has 1 N–H and O–H groups in total. The molecule has 2 aromatic rings. The van der Waals surface area contributed by atoms with E-state index in [1.165, 1.54) is 24.5 Å². The third kappa shape index (κ3) is 5.17. The largest absolute Gasteiger partial charge is 0.416 e. The number of hydrogen-bond acceptors (Lipinski definition) is 4. The average Bonchev–Trinajstić information content (AvgIpc) is 2.59. The van der Waals surface area contributed by atoms with Gasteiger partial charge in [-0.2, -0.15) is 13.2 Å². The van der Waals surface area contributed by atoms with E-state index in [1.807, 2.05) is 6.92 Å². The molecule has 0 saturated heterocycles. The zero-order valence-electron chi connectivity index (χ0n) is 14.0. The molecule has 8 heteroatoms. The van der Waals surface area contributed by atoms with Gasteiger partial charge in [0.1, 0.15) is 11.5 Å². The fraction of sp³-hybridized carbons (Fsp3) is 0.353. The minimum Gasteiger partial charge on any atom is -0.340 e. The van der Waals surface area contributed by atoms with Crippen molar-refractivity contribution >= 4 is 17.4 Å². The molecule has 2 rings (SSSR count). The lowest BCUT2D eigenvalue weighted by atomic mass is 10.2. The molecular formula is C17H19F3N4O.